The Balaban J connectivity index is 0.598. The van der Waals surface area contributed by atoms with Crippen molar-refractivity contribution in [3.8, 4) is 89.9 Å². The van der Waals surface area contributed by atoms with Crippen molar-refractivity contribution in [2.24, 2.45) is 0 Å². The zero-order valence-electron chi connectivity index (χ0n) is 61.8. The third kappa shape index (κ3) is 11.3. The molecule has 0 unspecified atom stereocenters. The van der Waals surface area contributed by atoms with Gasteiger partial charge in [0.05, 0.1) is 22.1 Å². The zero-order valence-corrected chi connectivity index (χ0v) is 61.8. The van der Waals surface area contributed by atoms with Gasteiger partial charge in [-0.1, -0.05) is 249 Å². The van der Waals surface area contributed by atoms with Gasteiger partial charge in [0.2, 0.25) is 11.8 Å². The minimum atomic E-state index is 0.608. The first-order valence-corrected chi connectivity index (χ1v) is 38.7. The molecule has 18 aromatic carbocycles. The molecule has 0 radical (unpaired) electrons. The van der Waals surface area contributed by atoms with E-state index >= 15 is 0 Å². The molecule has 0 saturated carbocycles. The Kier molecular flexibility index (Phi) is 15.7. The van der Waals surface area contributed by atoms with E-state index in [2.05, 4.69) is 365 Å². The van der Waals surface area contributed by atoms with Crippen LogP contribution < -0.4 is 9.80 Å². The normalized spacial score (nSPS) is 11.7. The maximum atomic E-state index is 6.65. The van der Waals surface area contributed by atoms with Crippen LogP contribution in [0.3, 0.4) is 0 Å². The number of hydrogen-bond donors (Lipinski definition) is 0. The molecule has 0 amide bonds. The molecule has 0 bridgehead atoms. The zero-order chi connectivity index (χ0) is 75.2. The molecule has 0 aliphatic rings. The molecule has 0 spiro atoms. The summed E-state index contributed by atoms with van der Waals surface area (Å²) < 4.78 is 17.9. The highest BCUT2D eigenvalue weighted by Gasteiger charge is 2.24. The molecule has 0 saturated heterocycles. The quantitative estimate of drug-likeness (QED) is 0.102. The highest BCUT2D eigenvalue weighted by molar-refractivity contribution is 6.17. The van der Waals surface area contributed by atoms with Crippen molar-refractivity contribution in [1.82, 2.24) is 19.1 Å². The maximum absolute atomic E-state index is 6.65. The minimum Gasteiger partial charge on any atom is -0.436 e. The predicted molar refractivity (Wildman–Crippen MR) is 473 cm³/mol. The van der Waals surface area contributed by atoms with Gasteiger partial charge in [0.1, 0.15) is 11.0 Å². The lowest BCUT2D eigenvalue weighted by Crippen LogP contribution is -2.10. The fraction of sp³-hybridized carbons (Fsp3) is 0. The highest BCUT2D eigenvalue weighted by Crippen LogP contribution is 2.46. The number of fused-ring (bicyclic) bond motifs is 12. The van der Waals surface area contributed by atoms with Crippen LogP contribution in [0.4, 0.5) is 34.1 Å². The van der Waals surface area contributed by atoms with Gasteiger partial charge in [-0.2, -0.15) is 0 Å². The second-order valence-electron chi connectivity index (χ2n) is 29.2. The van der Waals surface area contributed by atoms with E-state index in [1.54, 1.807) is 0 Å². The predicted octanol–water partition coefficient (Wildman–Crippen LogP) is 29.1. The van der Waals surface area contributed by atoms with Gasteiger partial charge in [-0.05, 0) is 230 Å². The summed E-state index contributed by atoms with van der Waals surface area (Å²) in [5.74, 6) is 1.22. The lowest BCUT2D eigenvalue weighted by atomic mass is 9.95. The number of para-hydroxylation sites is 3. The van der Waals surface area contributed by atoms with E-state index in [0.717, 1.165) is 156 Å². The van der Waals surface area contributed by atoms with Crippen LogP contribution in [-0.2, 0) is 0 Å². The molecule has 0 N–H and O–H groups in total. The van der Waals surface area contributed by atoms with E-state index in [0.29, 0.717) is 11.8 Å². The minimum absolute atomic E-state index is 0.608. The molecule has 0 atom stereocenters. The van der Waals surface area contributed by atoms with Gasteiger partial charge in [-0.15, -0.1) is 0 Å². The van der Waals surface area contributed by atoms with Crippen LogP contribution in [0.1, 0.15) is 0 Å². The number of aromatic nitrogens is 4. The Hall–Kier alpha value is -15.4. The summed E-state index contributed by atoms with van der Waals surface area (Å²) in [7, 11) is 0. The van der Waals surface area contributed by atoms with Crippen LogP contribution in [0.15, 0.2) is 421 Å². The third-order valence-electron chi connectivity index (χ3n) is 22.6. The van der Waals surface area contributed by atoms with Crippen molar-refractivity contribution in [2.45, 2.75) is 0 Å². The van der Waals surface area contributed by atoms with Gasteiger partial charge in [-0.25, -0.2) is 9.97 Å². The number of hydrogen-bond acceptors (Lipinski definition) is 6. The molecule has 4 heterocycles. The SMILES string of the molecule is c1ccc(-c2ccc(N(c3ccc(-c4cccc5ccc6oc(-c7ccccc7)nc6c45)cc3)c3ccc(-n4c5ccccc5c5c(-c6cccc(-c7ccc(N(c8ccc(-c9cccc%10ccc%11nc(-c%12ccccc%12)oc%11c9%10)cc8)c8ccc(-n9c%10ccccc%10c%10ccccc%109)cc8)cc7)c6)cccc54)cc3)cc2)cc1. The van der Waals surface area contributed by atoms with E-state index in [9.17, 15) is 0 Å². The van der Waals surface area contributed by atoms with E-state index in [4.69, 9.17) is 18.8 Å². The second-order valence-corrected chi connectivity index (χ2v) is 29.2. The number of anilines is 6. The molecule has 8 nitrogen and oxygen atoms in total. The maximum Gasteiger partial charge on any atom is 0.227 e. The number of oxazole rings is 2. The fourth-order valence-electron chi connectivity index (χ4n) is 17.2. The van der Waals surface area contributed by atoms with Gasteiger partial charge in [0, 0.05) is 88.9 Å². The molecule has 8 heteroatoms. The largest absolute Gasteiger partial charge is 0.436 e. The summed E-state index contributed by atoms with van der Waals surface area (Å²) in [6.45, 7) is 0. The summed E-state index contributed by atoms with van der Waals surface area (Å²) in [4.78, 5) is 14.8. The lowest BCUT2D eigenvalue weighted by Gasteiger charge is -2.26. The first-order chi connectivity index (χ1) is 56.5. The fourth-order valence-corrected chi connectivity index (χ4v) is 17.2. The van der Waals surface area contributed by atoms with E-state index in [1.165, 1.54) is 43.7 Å². The Morgan fingerprint density at radius 2 is 0.596 bits per heavy atom. The Morgan fingerprint density at radius 3 is 1.14 bits per heavy atom. The topological polar surface area (TPSA) is 68.4 Å². The van der Waals surface area contributed by atoms with Gasteiger partial charge in [0.25, 0.3) is 0 Å². The number of rotatable bonds is 15. The lowest BCUT2D eigenvalue weighted by molar-refractivity contribution is 0.620. The smallest absolute Gasteiger partial charge is 0.227 e. The van der Waals surface area contributed by atoms with Gasteiger partial charge in [-0.3, -0.25) is 0 Å². The summed E-state index contributed by atoms with van der Waals surface area (Å²) >= 11 is 0. The van der Waals surface area contributed by atoms with Crippen LogP contribution in [-0.4, -0.2) is 19.1 Å². The van der Waals surface area contributed by atoms with Crippen LogP contribution in [0.5, 0.6) is 0 Å². The molecule has 114 heavy (non-hydrogen) atoms. The van der Waals surface area contributed by atoms with Crippen LogP contribution in [0.25, 0.3) is 177 Å². The van der Waals surface area contributed by atoms with Crippen molar-refractivity contribution in [3.05, 3.63) is 413 Å². The van der Waals surface area contributed by atoms with Crippen molar-refractivity contribution in [2.75, 3.05) is 9.80 Å². The van der Waals surface area contributed by atoms with E-state index in [1.807, 2.05) is 66.7 Å². The molecule has 4 aromatic heterocycles. The van der Waals surface area contributed by atoms with Gasteiger partial charge < -0.3 is 27.8 Å². The van der Waals surface area contributed by atoms with Crippen molar-refractivity contribution >= 4 is 121 Å². The molecular weight excluding hydrogens is 1390 g/mol. The van der Waals surface area contributed by atoms with Gasteiger partial charge >= 0.3 is 0 Å². The van der Waals surface area contributed by atoms with Crippen molar-refractivity contribution < 1.29 is 8.83 Å². The molecule has 0 aliphatic heterocycles. The average Bonchev–Trinajstić information content (AvgIpc) is 1.57. The van der Waals surface area contributed by atoms with E-state index in [-0.39, 0.29) is 0 Å². The summed E-state index contributed by atoms with van der Waals surface area (Å²) in [6, 6.07) is 148. The molecule has 534 valence electrons. The van der Waals surface area contributed by atoms with E-state index < -0.39 is 0 Å². The Morgan fingerprint density at radius 1 is 0.228 bits per heavy atom. The first-order valence-electron chi connectivity index (χ1n) is 38.7. The molecule has 0 aliphatic carbocycles. The van der Waals surface area contributed by atoms with Crippen molar-refractivity contribution in [3.63, 3.8) is 0 Å². The monoisotopic (exact) mass is 1460 g/mol. The molecule has 0 fully saturated rings. The average molecular weight is 1460 g/mol. The van der Waals surface area contributed by atoms with Crippen LogP contribution in [0.2, 0.25) is 0 Å². The molecule has 22 rings (SSSR count). The first kappa shape index (κ1) is 65.7. The summed E-state index contributed by atoms with van der Waals surface area (Å²) in [5.41, 5.74) is 29.3. The molecule has 22 aromatic rings. The third-order valence-corrected chi connectivity index (χ3v) is 22.6. The van der Waals surface area contributed by atoms with Crippen LogP contribution in [0, 0.1) is 0 Å². The highest BCUT2D eigenvalue weighted by atomic mass is 16.4. The number of nitrogens with zero attached hydrogens (tertiary/aromatic N) is 6. The Bertz CT molecular complexity index is 7360. The Labute approximate surface area is 657 Å². The van der Waals surface area contributed by atoms with Crippen LogP contribution >= 0.6 is 0 Å². The number of benzene rings is 18. The van der Waals surface area contributed by atoms with Crippen molar-refractivity contribution in [1.29, 1.82) is 0 Å². The summed E-state index contributed by atoms with van der Waals surface area (Å²) in [6.07, 6.45) is 0. The second kappa shape index (κ2) is 27.3. The molecular formula is C106H68N6O2. The van der Waals surface area contributed by atoms with Gasteiger partial charge in [0.15, 0.2) is 11.2 Å². The standard InChI is InChI=1S/C106H68N6O2/c1-4-20-69(21-5-1)70-40-50-80(51-41-70)109(82-54-44-72(45-55-82)88-33-17-26-74-49-67-99-103(100(74)88)108-106(113-99)77-24-8-3-9-25-77)85-60-64-87(65-61-85)112-97-38-15-12-32-93(97)102-90(35-19-39-98(102)112)79-29-16-28-78(68-79)71-42-52-81(53-43-71)110(84-58-62-86(63-59-84)111-95-36-13-10-30-91(95)92-31-11-14-37-96(92)111)83-56-46-73(47-57-83)89-34-18-27-75-48-66-94-104(101(75)89)114-105(107-94)76-22-6-2-7-23-76/h1-68H. The summed E-state index contributed by atoms with van der Waals surface area (Å²) in [5, 5.41) is 9.16.